The number of anilines is 1. The van der Waals surface area contributed by atoms with Crippen LogP contribution in [0.1, 0.15) is 72.9 Å². The van der Waals surface area contributed by atoms with Crippen LogP contribution in [0.25, 0.3) is 17.3 Å². The van der Waals surface area contributed by atoms with Gasteiger partial charge in [-0.25, -0.2) is 0 Å². The molecule has 3 heterocycles. The summed E-state index contributed by atoms with van der Waals surface area (Å²) in [7, 11) is 0. The van der Waals surface area contributed by atoms with Crippen molar-refractivity contribution in [3.8, 4) is 11.3 Å². The Morgan fingerprint density at radius 1 is 0.815 bits per heavy atom. The average molecular weight is 720 g/mol. The molecule has 1 aromatic heterocycles. The number of rotatable bonds is 8. The van der Waals surface area contributed by atoms with Gasteiger partial charge in [-0.05, 0) is 104 Å². The highest BCUT2D eigenvalue weighted by atomic mass is 16.2. The van der Waals surface area contributed by atoms with Crippen LogP contribution >= 0.6 is 0 Å². The van der Waals surface area contributed by atoms with Crippen molar-refractivity contribution in [3.05, 3.63) is 130 Å². The highest BCUT2D eigenvalue weighted by molar-refractivity contribution is 5.98. The number of hydrogen-bond donors (Lipinski definition) is 3. The van der Waals surface area contributed by atoms with E-state index in [-0.39, 0.29) is 36.5 Å². The predicted octanol–water partition coefficient (Wildman–Crippen LogP) is 6.49. The zero-order chi connectivity index (χ0) is 37.0. The number of amides is 4. The highest BCUT2D eigenvalue weighted by Crippen LogP contribution is 2.38. The Bertz CT molecular complexity index is 2190. The zero-order valence-corrected chi connectivity index (χ0v) is 30.5. The monoisotopic (exact) mass is 719 g/mol. The quantitative estimate of drug-likeness (QED) is 0.231. The summed E-state index contributed by atoms with van der Waals surface area (Å²) in [5.74, 6) is -0.371. The zero-order valence-electron chi connectivity index (χ0n) is 30.5. The van der Waals surface area contributed by atoms with Crippen LogP contribution in [0.15, 0.2) is 102 Å². The number of likely N-dealkylation sites (tertiary alicyclic amines) is 2. The molecule has 3 N–H and O–H groups in total. The Kier molecular flexibility index (Phi) is 10.2. The molecule has 0 saturated carbocycles. The van der Waals surface area contributed by atoms with Crippen LogP contribution in [0.5, 0.6) is 0 Å². The molecular formula is C45H45N5O4. The SMILES string of the molecule is O=C(NC1=CC=Cc2[nH]c3c(c2C1)CCCc1cc(NC(=O)C2CCCN2C(=O)CC2=C=C=CCC=C2)ccc1-3)C1CCCN1C(=O)Cc1ccccc1. The van der Waals surface area contributed by atoms with Gasteiger partial charge in [0.05, 0.1) is 12.8 Å². The van der Waals surface area contributed by atoms with Crippen molar-refractivity contribution in [3.63, 3.8) is 0 Å². The maximum atomic E-state index is 13.7. The maximum absolute atomic E-state index is 13.7. The average Bonchev–Trinajstić information content (AvgIpc) is 3.82. The summed E-state index contributed by atoms with van der Waals surface area (Å²) >= 11 is 0. The van der Waals surface area contributed by atoms with E-state index < -0.39 is 12.1 Å². The molecule has 2 aromatic carbocycles. The second kappa shape index (κ2) is 15.6. The van der Waals surface area contributed by atoms with Crippen molar-refractivity contribution in [2.45, 2.75) is 82.7 Å². The van der Waals surface area contributed by atoms with Crippen LogP contribution in [0, 0.1) is 0 Å². The summed E-state index contributed by atoms with van der Waals surface area (Å²) in [6.45, 7) is 1.16. The van der Waals surface area contributed by atoms with E-state index in [1.807, 2.05) is 66.8 Å². The van der Waals surface area contributed by atoms with Crippen LogP contribution < -0.4 is 10.6 Å². The Balaban J connectivity index is 0.938. The van der Waals surface area contributed by atoms with Crippen molar-refractivity contribution < 1.29 is 19.2 Å². The first kappa shape index (κ1) is 35.2. The molecule has 0 radical (unpaired) electrons. The number of H-pyrrole nitrogens is 1. The minimum Gasteiger partial charge on any atom is -0.355 e. The number of carbonyl (C=O) groups excluding carboxylic acids is 4. The maximum Gasteiger partial charge on any atom is 0.247 e. The third kappa shape index (κ3) is 7.47. The van der Waals surface area contributed by atoms with Gasteiger partial charge in [-0.2, -0.15) is 0 Å². The van der Waals surface area contributed by atoms with E-state index in [1.54, 1.807) is 9.80 Å². The number of aryl methyl sites for hydroxylation is 1. The molecule has 3 aromatic rings. The third-order valence-electron chi connectivity index (χ3n) is 11.2. The molecule has 5 aliphatic rings. The minimum atomic E-state index is -0.502. The number of aromatic amines is 1. The van der Waals surface area contributed by atoms with Gasteiger partial charge in [0, 0.05) is 53.4 Å². The molecule has 2 saturated heterocycles. The predicted molar refractivity (Wildman–Crippen MR) is 209 cm³/mol. The number of fused-ring (bicyclic) bond motifs is 5. The van der Waals surface area contributed by atoms with E-state index >= 15 is 0 Å². The molecule has 8 rings (SSSR count). The lowest BCUT2D eigenvalue weighted by molar-refractivity contribution is -0.137. The summed E-state index contributed by atoms with van der Waals surface area (Å²) in [6.07, 6.45) is 19.2. The molecule has 2 unspecified atom stereocenters. The van der Waals surface area contributed by atoms with Gasteiger partial charge < -0.3 is 25.4 Å². The summed E-state index contributed by atoms with van der Waals surface area (Å²) in [5, 5.41) is 6.31. The van der Waals surface area contributed by atoms with Gasteiger partial charge in [-0.15, -0.1) is 0 Å². The van der Waals surface area contributed by atoms with Crippen molar-refractivity contribution in [2.24, 2.45) is 0 Å². The highest BCUT2D eigenvalue weighted by Gasteiger charge is 2.36. The molecule has 274 valence electrons. The molecule has 3 aliphatic carbocycles. The van der Waals surface area contributed by atoms with Gasteiger partial charge in [0.25, 0.3) is 0 Å². The normalized spacial score (nSPS) is 19.9. The van der Waals surface area contributed by atoms with Crippen LogP contribution in [0.3, 0.4) is 0 Å². The summed E-state index contributed by atoms with van der Waals surface area (Å²) in [4.78, 5) is 60.8. The lowest BCUT2D eigenvalue weighted by Crippen LogP contribution is -2.46. The largest absolute Gasteiger partial charge is 0.355 e. The summed E-state index contributed by atoms with van der Waals surface area (Å²) in [6, 6.07) is 14.8. The fourth-order valence-corrected chi connectivity index (χ4v) is 8.53. The second-order valence-corrected chi connectivity index (χ2v) is 14.8. The fraction of sp³-hybridized carbons (Fsp3) is 0.333. The standard InChI is InChI=1S/C45H45N5O4/c51-41(26-30-12-4-1-2-5-13-30)50-25-11-21-40(50)45(54)47-34-22-23-35-32(28-34)16-8-18-36-37-29-33(17-9-19-38(37)48-43(35)36)46-44(53)39-20-10-24-49(39)42(52)27-31-14-6-3-7-15-31/h1,3,5-7,9,13-15,17,19,22-23,28,39-40,48H,2,8,10-11,16,18,20-21,24-27,29H2,(H,46,53)(H,47,54). The van der Waals surface area contributed by atoms with E-state index in [2.05, 4.69) is 45.3 Å². The second-order valence-electron chi connectivity index (χ2n) is 14.8. The van der Waals surface area contributed by atoms with E-state index in [4.69, 9.17) is 0 Å². The van der Waals surface area contributed by atoms with Gasteiger partial charge in [-0.3, -0.25) is 19.2 Å². The van der Waals surface area contributed by atoms with Crippen LogP contribution in [0.2, 0.25) is 0 Å². The van der Waals surface area contributed by atoms with Crippen molar-refractivity contribution in [1.82, 2.24) is 20.1 Å². The molecule has 9 nitrogen and oxygen atoms in total. The molecule has 0 bridgehead atoms. The number of aromatic nitrogens is 1. The molecule has 54 heavy (non-hydrogen) atoms. The molecule has 2 fully saturated rings. The Morgan fingerprint density at radius 2 is 1.57 bits per heavy atom. The lowest BCUT2D eigenvalue weighted by atomic mass is 9.98. The summed E-state index contributed by atoms with van der Waals surface area (Å²) < 4.78 is 0. The fourth-order valence-electron chi connectivity index (χ4n) is 8.53. The molecule has 2 atom stereocenters. The van der Waals surface area contributed by atoms with Crippen LogP contribution in [-0.4, -0.2) is 63.6 Å². The number of allylic oxidation sites excluding steroid dienone is 6. The number of nitrogens with zero attached hydrogens (tertiary/aromatic N) is 2. The van der Waals surface area contributed by atoms with Gasteiger partial charge >= 0.3 is 0 Å². The molecule has 2 aliphatic heterocycles. The van der Waals surface area contributed by atoms with Gasteiger partial charge in [-0.1, -0.05) is 66.1 Å². The van der Waals surface area contributed by atoms with E-state index in [1.165, 1.54) is 11.1 Å². The van der Waals surface area contributed by atoms with Gasteiger partial charge in [0.1, 0.15) is 12.1 Å². The van der Waals surface area contributed by atoms with Gasteiger partial charge in [0.15, 0.2) is 0 Å². The number of hydrogen-bond acceptors (Lipinski definition) is 4. The number of carbonyl (C=O) groups is 4. The van der Waals surface area contributed by atoms with Crippen LogP contribution in [0.4, 0.5) is 5.69 Å². The first-order valence-corrected chi connectivity index (χ1v) is 19.3. The Labute approximate surface area is 315 Å². The van der Waals surface area contributed by atoms with Gasteiger partial charge in [0.2, 0.25) is 23.6 Å². The van der Waals surface area contributed by atoms with Crippen molar-refractivity contribution >= 4 is 35.4 Å². The van der Waals surface area contributed by atoms with E-state index in [0.29, 0.717) is 32.4 Å². The Hall–Kier alpha value is -5.88. The molecular weight excluding hydrogens is 675 g/mol. The number of benzene rings is 2. The smallest absolute Gasteiger partial charge is 0.247 e. The number of nitrogens with one attached hydrogen (secondary N) is 3. The van der Waals surface area contributed by atoms with Crippen LogP contribution in [-0.2, 0) is 44.9 Å². The Morgan fingerprint density at radius 3 is 2.37 bits per heavy atom. The summed E-state index contributed by atoms with van der Waals surface area (Å²) in [5.41, 5.74) is 16.1. The first-order valence-electron chi connectivity index (χ1n) is 19.3. The van der Waals surface area contributed by atoms with Crippen molar-refractivity contribution in [2.75, 3.05) is 18.4 Å². The lowest BCUT2D eigenvalue weighted by Gasteiger charge is -2.24. The molecule has 9 heteroatoms. The first-order chi connectivity index (χ1) is 26.4. The molecule has 4 amide bonds. The van der Waals surface area contributed by atoms with E-state index in [0.717, 1.165) is 83.6 Å². The third-order valence-corrected chi connectivity index (χ3v) is 11.2. The minimum absolute atomic E-state index is 0.0177. The topological polar surface area (TPSA) is 115 Å². The molecule has 0 spiro atoms. The van der Waals surface area contributed by atoms with Crippen molar-refractivity contribution in [1.29, 1.82) is 0 Å². The van der Waals surface area contributed by atoms with E-state index in [9.17, 15) is 19.2 Å².